The van der Waals surface area contributed by atoms with Gasteiger partial charge in [-0.2, -0.15) is 0 Å². The zero-order valence-electron chi connectivity index (χ0n) is 10.6. The quantitative estimate of drug-likeness (QED) is 0.802. The van der Waals surface area contributed by atoms with Crippen LogP contribution in [0.15, 0.2) is 11.4 Å². The summed E-state index contributed by atoms with van der Waals surface area (Å²) in [6.07, 6.45) is 1.26. The zero-order chi connectivity index (χ0) is 13.6. The fourth-order valence-corrected chi connectivity index (χ4v) is 2.89. The summed E-state index contributed by atoms with van der Waals surface area (Å²) in [6.45, 7) is 1.64. The van der Waals surface area contributed by atoms with Gasteiger partial charge in [0, 0.05) is 35.2 Å². The highest BCUT2D eigenvalue weighted by atomic mass is 32.2. The summed E-state index contributed by atoms with van der Waals surface area (Å²) in [5.41, 5.74) is 6.28. The van der Waals surface area contributed by atoms with Gasteiger partial charge in [-0.3, -0.25) is 0 Å². The van der Waals surface area contributed by atoms with Crippen LogP contribution >= 0.6 is 11.3 Å². The highest BCUT2D eigenvalue weighted by Gasteiger charge is 2.07. The van der Waals surface area contributed by atoms with E-state index in [4.69, 9.17) is 5.73 Å². The van der Waals surface area contributed by atoms with Crippen molar-refractivity contribution in [1.29, 1.82) is 0 Å². The monoisotopic (exact) mass is 286 g/mol. The van der Waals surface area contributed by atoms with E-state index in [1.165, 1.54) is 11.1 Å². The minimum atomic E-state index is -2.89. The van der Waals surface area contributed by atoms with Gasteiger partial charge in [0.05, 0.1) is 12.3 Å². The van der Waals surface area contributed by atoms with Crippen LogP contribution in [0.2, 0.25) is 0 Å². The third-order valence-electron chi connectivity index (χ3n) is 2.26. The second-order valence-electron chi connectivity index (χ2n) is 4.18. The number of nitrogens with zero attached hydrogens (tertiary/aromatic N) is 1. The van der Waals surface area contributed by atoms with Crippen LogP contribution in [0.25, 0.3) is 0 Å². The number of thiophene rings is 1. The van der Waals surface area contributed by atoms with Crippen molar-refractivity contribution in [2.45, 2.75) is 6.54 Å². The van der Waals surface area contributed by atoms with Gasteiger partial charge in [0.15, 0.2) is 0 Å². The summed E-state index contributed by atoms with van der Waals surface area (Å²) in [6, 6.07) is 2.02. The molecular formula is C12H18N2O2S2. The highest BCUT2D eigenvalue weighted by Crippen LogP contribution is 2.15. The lowest BCUT2D eigenvalue weighted by atomic mass is 10.3. The van der Waals surface area contributed by atoms with Gasteiger partial charge in [0.25, 0.3) is 0 Å². The molecule has 0 amide bonds. The predicted molar refractivity (Wildman–Crippen MR) is 76.3 cm³/mol. The maximum Gasteiger partial charge on any atom is 0.148 e. The number of nitrogens with two attached hydrogens (primary N) is 1. The summed E-state index contributed by atoms with van der Waals surface area (Å²) in [4.78, 5) is 3.17. The van der Waals surface area contributed by atoms with Gasteiger partial charge in [-0.15, -0.1) is 11.3 Å². The van der Waals surface area contributed by atoms with Crippen LogP contribution in [0.4, 0.5) is 0 Å². The second-order valence-corrected chi connectivity index (χ2v) is 7.43. The predicted octanol–water partition coefficient (Wildman–Crippen LogP) is 0.535. The van der Waals surface area contributed by atoms with Crippen molar-refractivity contribution in [3.63, 3.8) is 0 Å². The number of rotatable bonds is 5. The molecule has 1 aromatic heterocycles. The van der Waals surface area contributed by atoms with Gasteiger partial charge >= 0.3 is 0 Å². The van der Waals surface area contributed by atoms with Crippen molar-refractivity contribution in [2.75, 3.05) is 32.1 Å². The van der Waals surface area contributed by atoms with E-state index in [2.05, 4.69) is 11.8 Å². The third kappa shape index (κ3) is 6.17. The first kappa shape index (κ1) is 15.2. The molecule has 0 aromatic carbocycles. The normalized spacial score (nSPS) is 11.3. The molecule has 1 rings (SSSR count). The minimum Gasteiger partial charge on any atom is -0.320 e. The molecule has 0 aliphatic heterocycles. The van der Waals surface area contributed by atoms with Gasteiger partial charge in [-0.25, -0.2) is 8.42 Å². The first-order valence-corrected chi connectivity index (χ1v) is 8.47. The average molecular weight is 286 g/mol. The molecular weight excluding hydrogens is 268 g/mol. The molecule has 4 nitrogen and oxygen atoms in total. The molecule has 0 aliphatic carbocycles. The molecule has 0 saturated carbocycles. The summed E-state index contributed by atoms with van der Waals surface area (Å²) >= 11 is 1.63. The molecule has 1 heterocycles. The SMILES string of the molecule is CN(CCS(C)(=O)=O)Cc1cc(C#CCN)cs1. The van der Waals surface area contributed by atoms with E-state index in [9.17, 15) is 8.42 Å². The van der Waals surface area contributed by atoms with Gasteiger partial charge in [0.2, 0.25) is 0 Å². The molecule has 0 unspecified atom stereocenters. The fraction of sp³-hybridized carbons (Fsp3) is 0.500. The maximum atomic E-state index is 11.1. The van der Waals surface area contributed by atoms with Crippen LogP contribution in [0, 0.1) is 11.8 Å². The van der Waals surface area contributed by atoms with E-state index in [0.29, 0.717) is 13.1 Å². The molecule has 6 heteroatoms. The molecule has 18 heavy (non-hydrogen) atoms. The Kier molecular flexibility index (Phi) is 5.82. The van der Waals surface area contributed by atoms with E-state index in [1.807, 2.05) is 23.4 Å². The molecule has 0 atom stereocenters. The topological polar surface area (TPSA) is 63.4 Å². The van der Waals surface area contributed by atoms with Crippen molar-refractivity contribution in [1.82, 2.24) is 4.90 Å². The third-order valence-corrected chi connectivity index (χ3v) is 4.10. The summed E-state index contributed by atoms with van der Waals surface area (Å²) in [5.74, 6) is 5.97. The summed E-state index contributed by atoms with van der Waals surface area (Å²) < 4.78 is 22.1. The summed E-state index contributed by atoms with van der Waals surface area (Å²) in [7, 11) is -0.980. The number of hydrogen-bond acceptors (Lipinski definition) is 5. The van der Waals surface area contributed by atoms with Gasteiger partial charge in [0.1, 0.15) is 9.84 Å². The van der Waals surface area contributed by atoms with Crippen LogP contribution in [0.5, 0.6) is 0 Å². The fourth-order valence-electron chi connectivity index (χ4n) is 1.35. The first-order valence-electron chi connectivity index (χ1n) is 5.53. The lowest BCUT2D eigenvalue weighted by molar-refractivity contribution is 0.349. The van der Waals surface area contributed by atoms with Crippen LogP contribution in [0.1, 0.15) is 10.4 Å². The Morgan fingerprint density at radius 3 is 2.83 bits per heavy atom. The molecule has 1 aromatic rings. The molecule has 0 saturated heterocycles. The minimum absolute atomic E-state index is 0.189. The lowest BCUT2D eigenvalue weighted by Crippen LogP contribution is -2.24. The number of sulfone groups is 1. The smallest absolute Gasteiger partial charge is 0.148 e. The molecule has 0 spiro atoms. The van der Waals surface area contributed by atoms with E-state index in [-0.39, 0.29) is 5.75 Å². The Hall–Kier alpha value is -0.870. The molecule has 0 radical (unpaired) electrons. The average Bonchev–Trinajstić information content (AvgIpc) is 2.70. The summed E-state index contributed by atoms with van der Waals surface area (Å²) in [5, 5.41) is 1.99. The highest BCUT2D eigenvalue weighted by molar-refractivity contribution is 7.90. The van der Waals surface area contributed by atoms with Crippen molar-refractivity contribution in [2.24, 2.45) is 5.73 Å². The first-order chi connectivity index (χ1) is 8.40. The lowest BCUT2D eigenvalue weighted by Gasteiger charge is -2.14. The van der Waals surface area contributed by atoms with Crippen LogP contribution in [0.3, 0.4) is 0 Å². The molecule has 100 valence electrons. The van der Waals surface area contributed by atoms with Gasteiger partial charge in [-0.1, -0.05) is 11.8 Å². The van der Waals surface area contributed by atoms with Crippen molar-refractivity contribution < 1.29 is 8.42 Å². The van der Waals surface area contributed by atoms with Crippen molar-refractivity contribution in [3.05, 3.63) is 21.9 Å². The molecule has 0 bridgehead atoms. The van der Waals surface area contributed by atoms with Gasteiger partial charge in [-0.05, 0) is 13.1 Å². The van der Waals surface area contributed by atoms with E-state index >= 15 is 0 Å². The van der Waals surface area contributed by atoms with E-state index in [0.717, 1.165) is 12.1 Å². The Balaban J connectivity index is 2.49. The zero-order valence-corrected chi connectivity index (χ0v) is 12.3. The maximum absolute atomic E-state index is 11.1. The Bertz CT molecular complexity index is 538. The van der Waals surface area contributed by atoms with Crippen molar-refractivity contribution in [3.8, 4) is 11.8 Å². The standard InChI is InChI=1S/C12H18N2O2S2/c1-14(6-7-18(2,15)16)9-12-8-11(10-17-12)4-3-5-13/h8,10H,5-7,9,13H2,1-2H3. The largest absolute Gasteiger partial charge is 0.320 e. The molecule has 0 fully saturated rings. The Labute approximate surface area is 113 Å². The van der Waals surface area contributed by atoms with Gasteiger partial charge < -0.3 is 10.6 Å². The Morgan fingerprint density at radius 2 is 2.22 bits per heavy atom. The number of hydrogen-bond donors (Lipinski definition) is 1. The Morgan fingerprint density at radius 1 is 1.50 bits per heavy atom. The molecule has 2 N–H and O–H groups in total. The molecule has 0 aliphatic rings. The van der Waals surface area contributed by atoms with Crippen LogP contribution < -0.4 is 5.73 Å². The van der Waals surface area contributed by atoms with Crippen LogP contribution in [-0.2, 0) is 16.4 Å². The second kappa shape index (κ2) is 6.90. The van der Waals surface area contributed by atoms with Crippen molar-refractivity contribution >= 4 is 21.2 Å². The van der Waals surface area contributed by atoms with Crippen LogP contribution in [-0.4, -0.2) is 45.5 Å². The van der Waals surface area contributed by atoms with E-state index in [1.54, 1.807) is 11.3 Å². The van der Waals surface area contributed by atoms with E-state index < -0.39 is 9.84 Å².